The third kappa shape index (κ3) is 4.08. The minimum absolute atomic E-state index is 0.0655. The second-order valence-corrected chi connectivity index (χ2v) is 5.27. The number of rotatable bonds is 7. The van der Waals surface area contributed by atoms with E-state index in [1.165, 1.54) is 19.2 Å². The van der Waals surface area contributed by atoms with Gasteiger partial charge < -0.3 is 18.6 Å². The molecule has 0 radical (unpaired) electrons. The van der Waals surface area contributed by atoms with Crippen LogP contribution >= 0.6 is 0 Å². The molecule has 0 amide bonds. The molecule has 0 saturated heterocycles. The van der Waals surface area contributed by atoms with Gasteiger partial charge in [0.15, 0.2) is 11.5 Å². The molecule has 0 fully saturated rings. The summed E-state index contributed by atoms with van der Waals surface area (Å²) in [5, 5.41) is 8.01. The highest BCUT2D eigenvalue weighted by Gasteiger charge is 2.15. The van der Waals surface area contributed by atoms with Crippen molar-refractivity contribution in [2.24, 2.45) is 0 Å². The number of benzene rings is 2. The number of hydrogen-bond donors (Lipinski definition) is 0. The number of alkyl halides is 2. The van der Waals surface area contributed by atoms with Crippen LogP contribution in [0.5, 0.6) is 17.2 Å². The fourth-order valence-electron chi connectivity index (χ4n) is 2.35. The molecule has 0 spiro atoms. The molecular formula is C18H16F2N2O4. The van der Waals surface area contributed by atoms with Crippen molar-refractivity contribution < 1.29 is 27.4 Å². The Balaban J connectivity index is 1.78. The van der Waals surface area contributed by atoms with E-state index < -0.39 is 6.61 Å². The van der Waals surface area contributed by atoms with Crippen molar-refractivity contribution in [1.29, 1.82) is 0 Å². The maximum absolute atomic E-state index is 12.4. The molecule has 0 saturated carbocycles. The zero-order valence-corrected chi connectivity index (χ0v) is 14.1. The Hall–Kier alpha value is -3.16. The van der Waals surface area contributed by atoms with Gasteiger partial charge in [0.1, 0.15) is 5.75 Å². The van der Waals surface area contributed by atoms with Crippen molar-refractivity contribution in [2.45, 2.75) is 13.0 Å². The summed E-state index contributed by atoms with van der Waals surface area (Å²) in [5.41, 5.74) is 1.52. The number of methoxy groups -OCH3 is 2. The number of aromatic nitrogens is 2. The van der Waals surface area contributed by atoms with Crippen LogP contribution in [0.4, 0.5) is 8.78 Å². The summed E-state index contributed by atoms with van der Waals surface area (Å²) < 4.78 is 45.0. The minimum atomic E-state index is -2.94. The van der Waals surface area contributed by atoms with Gasteiger partial charge >= 0.3 is 6.61 Å². The molecule has 1 aromatic heterocycles. The standard InChI is InChI=1S/C18H16F2N2O4/c1-23-13-6-3-11(4-7-13)9-16-21-22-17(26-16)12-5-8-14(25-18(19)20)15(10-12)24-2/h3-8,10,18H,9H2,1-2H3. The molecule has 0 bridgehead atoms. The summed E-state index contributed by atoms with van der Waals surface area (Å²) in [6, 6.07) is 11.9. The Labute approximate surface area is 148 Å². The van der Waals surface area contributed by atoms with Crippen molar-refractivity contribution in [3.8, 4) is 28.7 Å². The lowest BCUT2D eigenvalue weighted by molar-refractivity contribution is -0.0512. The Morgan fingerprint density at radius 1 is 0.962 bits per heavy atom. The van der Waals surface area contributed by atoms with Crippen molar-refractivity contribution in [2.75, 3.05) is 14.2 Å². The van der Waals surface area contributed by atoms with E-state index in [1.54, 1.807) is 13.2 Å². The van der Waals surface area contributed by atoms with Gasteiger partial charge in [-0.1, -0.05) is 12.1 Å². The number of nitrogens with zero attached hydrogens (tertiary/aromatic N) is 2. The van der Waals surface area contributed by atoms with Crippen LogP contribution in [0.15, 0.2) is 46.9 Å². The normalized spacial score (nSPS) is 10.8. The van der Waals surface area contributed by atoms with Gasteiger partial charge in [0.2, 0.25) is 11.8 Å². The summed E-state index contributed by atoms with van der Waals surface area (Å²) in [4.78, 5) is 0. The molecule has 2 aromatic carbocycles. The van der Waals surface area contributed by atoms with Crippen LogP contribution in [0.25, 0.3) is 11.5 Å². The summed E-state index contributed by atoms with van der Waals surface area (Å²) in [6.45, 7) is -2.94. The molecule has 0 N–H and O–H groups in total. The van der Waals surface area contributed by atoms with Crippen LogP contribution in [-0.4, -0.2) is 31.0 Å². The molecule has 0 unspecified atom stereocenters. The lowest BCUT2D eigenvalue weighted by Crippen LogP contribution is -2.03. The third-order valence-corrected chi connectivity index (χ3v) is 3.61. The molecule has 3 rings (SSSR count). The van der Waals surface area contributed by atoms with Crippen LogP contribution < -0.4 is 14.2 Å². The number of hydrogen-bond acceptors (Lipinski definition) is 6. The van der Waals surface area contributed by atoms with Gasteiger partial charge in [0.05, 0.1) is 20.6 Å². The average Bonchev–Trinajstić information content (AvgIpc) is 3.10. The zero-order valence-electron chi connectivity index (χ0n) is 14.1. The maximum atomic E-state index is 12.4. The maximum Gasteiger partial charge on any atom is 0.387 e. The molecule has 26 heavy (non-hydrogen) atoms. The highest BCUT2D eigenvalue weighted by Crippen LogP contribution is 2.33. The average molecular weight is 362 g/mol. The predicted molar refractivity (Wildman–Crippen MR) is 88.7 cm³/mol. The summed E-state index contributed by atoms with van der Waals surface area (Å²) >= 11 is 0. The van der Waals surface area contributed by atoms with Crippen LogP contribution in [0, 0.1) is 0 Å². The molecule has 0 atom stereocenters. The Bertz CT molecular complexity index is 866. The van der Waals surface area contributed by atoms with Crippen LogP contribution in [0.2, 0.25) is 0 Å². The lowest BCUT2D eigenvalue weighted by atomic mass is 10.1. The zero-order chi connectivity index (χ0) is 18.5. The van der Waals surface area contributed by atoms with E-state index in [9.17, 15) is 8.78 Å². The first kappa shape index (κ1) is 17.7. The minimum Gasteiger partial charge on any atom is -0.497 e. The topological polar surface area (TPSA) is 66.6 Å². The fourth-order valence-corrected chi connectivity index (χ4v) is 2.35. The molecule has 0 aliphatic heterocycles. The molecule has 8 heteroatoms. The van der Waals surface area contributed by atoms with Gasteiger partial charge in [0.25, 0.3) is 0 Å². The Morgan fingerprint density at radius 3 is 2.38 bits per heavy atom. The molecule has 136 valence electrons. The lowest BCUT2D eigenvalue weighted by Gasteiger charge is -2.10. The Kier molecular flexibility index (Phi) is 5.31. The van der Waals surface area contributed by atoms with Crippen molar-refractivity contribution in [1.82, 2.24) is 10.2 Å². The smallest absolute Gasteiger partial charge is 0.387 e. The van der Waals surface area contributed by atoms with Gasteiger partial charge in [-0.05, 0) is 35.9 Å². The third-order valence-electron chi connectivity index (χ3n) is 3.61. The van der Waals surface area contributed by atoms with Crippen molar-refractivity contribution >= 4 is 0 Å². The fraction of sp³-hybridized carbons (Fsp3) is 0.222. The van der Waals surface area contributed by atoms with Crippen LogP contribution in [0.3, 0.4) is 0 Å². The monoisotopic (exact) mass is 362 g/mol. The van der Waals surface area contributed by atoms with E-state index in [1.807, 2.05) is 24.3 Å². The molecular weight excluding hydrogens is 346 g/mol. The molecule has 0 aliphatic rings. The quantitative estimate of drug-likeness (QED) is 0.634. The number of ether oxygens (including phenoxy) is 3. The van der Waals surface area contributed by atoms with Gasteiger partial charge in [-0.15, -0.1) is 10.2 Å². The van der Waals surface area contributed by atoms with E-state index in [2.05, 4.69) is 14.9 Å². The van der Waals surface area contributed by atoms with E-state index in [4.69, 9.17) is 13.9 Å². The molecule has 6 nitrogen and oxygen atoms in total. The Morgan fingerprint density at radius 2 is 1.73 bits per heavy atom. The highest BCUT2D eigenvalue weighted by atomic mass is 19.3. The summed E-state index contributed by atoms with van der Waals surface area (Å²) in [7, 11) is 2.96. The van der Waals surface area contributed by atoms with E-state index in [0.717, 1.165) is 11.3 Å². The summed E-state index contributed by atoms with van der Waals surface area (Å²) in [6.07, 6.45) is 0.459. The van der Waals surface area contributed by atoms with Gasteiger partial charge in [-0.3, -0.25) is 0 Å². The highest BCUT2D eigenvalue weighted by molar-refractivity contribution is 5.59. The first-order chi connectivity index (χ1) is 12.6. The molecule has 1 heterocycles. The first-order valence-corrected chi connectivity index (χ1v) is 7.67. The van der Waals surface area contributed by atoms with Crippen molar-refractivity contribution in [3.63, 3.8) is 0 Å². The second-order valence-electron chi connectivity index (χ2n) is 5.27. The van der Waals surface area contributed by atoms with E-state index in [0.29, 0.717) is 17.9 Å². The van der Waals surface area contributed by atoms with Gasteiger partial charge in [-0.25, -0.2) is 0 Å². The van der Waals surface area contributed by atoms with Gasteiger partial charge in [0, 0.05) is 5.56 Å². The predicted octanol–water partition coefficient (Wildman–Crippen LogP) is 3.95. The van der Waals surface area contributed by atoms with E-state index >= 15 is 0 Å². The SMILES string of the molecule is COc1ccc(Cc2nnc(-c3ccc(OC(F)F)c(OC)c3)o2)cc1. The van der Waals surface area contributed by atoms with Crippen LogP contribution in [0.1, 0.15) is 11.5 Å². The largest absolute Gasteiger partial charge is 0.497 e. The second kappa shape index (κ2) is 7.81. The molecule has 0 aliphatic carbocycles. The van der Waals surface area contributed by atoms with E-state index in [-0.39, 0.29) is 17.4 Å². The number of halogens is 2. The van der Waals surface area contributed by atoms with Crippen LogP contribution in [-0.2, 0) is 6.42 Å². The van der Waals surface area contributed by atoms with Crippen molar-refractivity contribution in [3.05, 3.63) is 53.9 Å². The van der Waals surface area contributed by atoms with Gasteiger partial charge in [-0.2, -0.15) is 8.78 Å². The first-order valence-electron chi connectivity index (χ1n) is 7.67. The molecule has 3 aromatic rings. The summed E-state index contributed by atoms with van der Waals surface area (Å²) in [5.74, 6) is 1.53.